The molecule has 0 amide bonds. The third-order valence-electron chi connectivity index (χ3n) is 6.44. The number of thiazole rings is 1. The Balaban J connectivity index is 1.74. The van der Waals surface area contributed by atoms with Crippen LogP contribution in [0.15, 0.2) is 18.3 Å². The van der Waals surface area contributed by atoms with Gasteiger partial charge in [0.05, 0.1) is 24.5 Å². The number of hydrogen-bond donors (Lipinski definition) is 0. The third kappa shape index (κ3) is 3.73. The van der Waals surface area contributed by atoms with Crippen LogP contribution in [0.25, 0.3) is 0 Å². The van der Waals surface area contributed by atoms with Crippen LogP contribution in [0.2, 0.25) is 0 Å². The molecule has 2 aromatic rings. The Bertz CT molecular complexity index is 932. The standard InChI is InChI=1S/C23H31N3O3S/c1-22(2)11-16(28-5)23(3,4)18-19(22)30-21(25-18)26(13-14-7-8-14)17-10-9-15(12-24-17)20(27)29-6/h9-10,12,14,16H,7-8,11,13H2,1-6H3. The van der Waals surface area contributed by atoms with Gasteiger partial charge in [0.15, 0.2) is 5.13 Å². The van der Waals surface area contributed by atoms with Gasteiger partial charge in [0, 0.05) is 35.6 Å². The number of rotatable bonds is 6. The van der Waals surface area contributed by atoms with Crippen LogP contribution in [0.3, 0.4) is 0 Å². The number of carbonyl (C=O) groups is 1. The maximum atomic E-state index is 11.8. The Labute approximate surface area is 182 Å². The molecule has 2 heterocycles. The molecule has 4 rings (SSSR count). The van der Waals surface area contributed by atoms with E-state index in [1.807, 2.05) is 6.07 Å². The monoisotopic (exact) mass is 429 g/mol. The zero-order valence-electron chi connectivity index (χ0n) is 18.7. The summed E-state index contributed by atoms with van der Waals surface area (Å²) >= 11 is 1.77. The van der Waals surface area contributed by atoms with Crippen LogP contribution < -0.4 is 4.90 Å². The fourth-order valence-electron chi connectivity index (χ4n) is 4.27. The quantitative estimate of drug-likeness (QED) is 0.612. The minimum absolute atomic E-state index is 0.00880. The van der Waals surface area contributed by atoms with E-state index < -0.39 is 0 Å². The number of fused-ring (bicyclic) bond motifs is 1. The first kappa shape index (κ1) is 21.2. The molecule has 1 atom stereocenters. The maximum Gasteiger partial charge on any atom is 0.339 e. The van der Waals surface area contributed by atoms with E-state index in [9.17, 15) is 4.79 Å². The van der Waals surface area contributed by atoms with Gasteiger partial charge in [-0.3, -0.25) is 0 Å². The summed E-state index contributed by atoms with van der Waals surface area (Å²) in [5, 5.41) is 0.975. The topological polar surface area (TPSA) is 64.5 Å². The highest BCUT2D eigenvalue weighted by molar-refractivity contribution is 7.16. The van der Waals surface area contributed by atoms with Crippen LogP contribution in [0.4, 0.5) is 10.9 Å². The van der Waals surface area contributed by atoms with Crippen LogP contribution >= 0.6 is 11.3 Å². The van der Waals surface area contributed by atoms with E-state index in [4.69, 9.17) is 14.5 Å². The molecule has 7 heteroatoms. The van der Waals surface area contributed by atoms with Gasteiger partial charge in [-0.1, -0.05) is 27.7 Å². The predicted octanol–water partition coefficient (Wildman–Crippen LogP) is 4.85. The Hall–Kier alpha value is -1.99. The van der Waals surface area contributed by atoms with Gasteiger partial charge in [-0.15, -0.1) is 11.3 Å². The van der Waals surface area contributed by atoms with Crippen LogP contribution in [0, 0.1) is 5.92 Å². The summed E-state index contributed by atoms with van der Waals surface area (Å²) in [6, 6.07) is 3.67. The van der Waals surface area contributed by atoms with Crippen LogP contribution in [0.1, 0.15) is 67.9 Å². The number of pyridine rings is 1. The van der Waals surface area contributed by atoms with Gasteiger partial charge in [-0.2, -0.15) is 0 Å². The predicted molar refractivity (Wildman–Crippen MR) is 119 cm³/mol. The summed E-state index contributed by atoms with van der Waals surface area (Å²) in [6.07, 6.45) is 5.17. The second-order valence-corrected chi connectivity index (χ2v) is 10.6. The van der Waals surface area contributed by atoms with Gasteiger partial charge in [0.25, 0.3) is 0 Å². The van der Waals surface area contributed by atoms with Crippen LogP contribution in [-0.4, -0.2) is 42.8 Å². The SMILES string of the molecule is COC(=O)c1ccc(N(CC2CC2)c2nc3c(s2)C(C)(C)CC(OC)C3(C)C)nc1. The molecule has 30 heavy (non-hydrogen) atoms. The first-order chi connectivity index (χ1) is 14.2. The van der Waals surface area contributed by atoms with Crippen molar-refractivity contribution < 1.29 is 14.3 Å². The third-order valence-corrected chi connectivity index (χ3v) is 7.88. The Morgan fingerprint density at radius 1 is 1.23 bits per heavy atom. The van der Waals surface area contributed by atoms with Crippen molar-refractivity contribution in [1.82, 2.24) is 9.97 Å². The number of aromatic nitrogens is 2. The number of carbonyl (C=O) groups excluding carboxylic acids is 1. The Kier molecular flexibility index (Phi) is 5.39. The minimum Gasteiger partial charge on any atom is -0.465 e. The molecule has 0 bridgehead atoms. The molecule has 0 radical (unpaired) electrons. The van der Waals surface area contributed by atoms with Crippen molar-refractivity contribution >= 4 is 28.3 Å². The van der Waals surface area contributed by atoms with E-state index >= 15 is 0 Å². The van der Waals surface area contributed by atoms with Crippen molar-refractivity contribution in [3.63, 3.8) is 0 Å². The fourth-order valence-corrected chi connectivity index (χ4v) is 5.64. The first-order valence-corrected chi connectivity index (χ1v) is 11.4. The van der Waals surface area contributed by atoms with E-state index in [-0.39, 0.29) is 22.9 Å². The summed E-state index contributed by atoms with van der Waals surface area (Å²) in [5.41, 5.74) is 1.45. The van der Waals surface area contributed by atoms with E-state index in [0.29, 0.717) is 11.5 Å². The maximum absolute atomic E-state index is 11.8. The number of hydrogen-bond acceptors (Lipinski definition) is 7. The largest absolute Gasteiger partial charge is 0.465 e. The molecule has 1 saturated carbocycles. The highest BCUT2D eigenvalue weighted by Crippen LogP contribution is 2.51. The van der Waals surface area contributed by atoms with Crippen molar-refractivity contribution in [1.29, 1.82) is 0 Å². The molecule has 0 N–H and O–H groups in total. The fraction of sp³-hybridized carbons (Fsp3) is 0.609. The smallest absolute Gasteiger partial charge is 0.339 e. The van der Waals surface area contributed by atoms with E-state index in [1.165, 1.54) is 24.8 Å². The summed E-state index contributed by atoms with van der Waals surface area (Å²) in [7, 11) is 3.18. The summed E-state index contributed by atoms with van der Waals surface area (Å²) in [4.78, 5) is 25.1. The number of ether oxygens (including phenoxy) is 2. The molecule has 1 fully saturated rings. The molecule has 2 aromatic heterocycles. The zero-order chi connectivity index (χ0) is 21.7. The Morgan fingerprint density at radius 3 is 2.53 bits per heavy atom. The lowest BCUT2D eigenvalue weighted by Crippen LogP contribution is -2.45. The van der Waals surface area contributed by atoms with Gasteiger partial charge < -0.3 is 14.4 Å². The van der Waals surface area contributed by atoms with Crippen LogP contribution in [-0.2, 0) is 20.3 Å². The molecule has 0 spiro atoms. The van der Waals surface area contributed by atoms with Crippen molar-refractivity contribution in [2.75, 3.05) is 25.7 Å². The lowest BCUT2D eigenvalue weighted by molar-refractivity contribution is 0.0136. The lowest BCUT2D eigenvalue weighted by Gasteiger charge is -2.43. The van der Waals surface area contributed by atoms with Gasteiger partial charge in [0.2, 0.25) is 0 Å². The number of methoxy groups -OCH3 is 2. The second kappa shape index (κ2) is 7.61. The number of esters is 1. The van der Waals surface area contributed by atoms with E-state index in [2.05, 4.69) is 37.6 Å². The molecule has 0 aromatic carbocycles. The number of nitrogens with zero attached hydrogens (tertiary/aromatic N) is 3. The van der Waals surface area contributed by atoms with Crippen molar-refractivity contribution in [2.24, 2.45) is 5.92 Å². The molecular formula is C23H31N3O3S. The zero-order valence-corrected chi connectivity index (χ0v) is 19.5. The van der Waals surface area contributed by atoms with Crippen molar-refractivity contribution in [3.8, 4) is 0 Å². The van der Waals surface area contributed by atoms with Crippen molar-refractivity contribution in [3.05, 3.63) is 34.5 Å². The highest BCUT2D eigenvalue weighted by atomic mass is 32.1. The van der Waals surface area contributed by atoms with Gasteiger partial charge in [0.1, 0.15) is 5.82 Å². The summed E-state index contributed by atoms with van der Waals surface area (Å²) in [6.45, 7) is 9.92. The molecule has 162 valence electrons. The average Bonchev–Trinajstić information content (AvgIpc) is 3.42. The lowest BCUT2D eigenvalue weighted by atomic mass is 9.67. The molecule has 1 unspecified atom stereocenters. The average molecular weight is 430 g/mol. The summed E-state index contributed by atoms with van der Waals surface area (Å²) in [5.74, 6) is 1.11. The van der Waals surface area contributed by atoms with Crippen molar-refractivity contribution in [2.45, 2.75) is 63.9 Å². The molecule has 2 aliphatic rings. The highest BCUT2D eigenvalue weighted by Gasteiger charge is 2.47. The normalized spacial score (nSPS) is 21.7. The minimum atomic E-state index is -0.374. The molecular weight excluding hydrogens is 398 g/mol. The van der Waals surface area contributed by atoms with E-state index in [1.54, 1.807) is 30.7 Å². The van der Waals surface area contributed by atoms with Gasteiger partial charge >= 0.3 is 5.97 Å². The van der Waals surface area contributed by atoms with Gasteiger partial charge in [-0.25, -0.2) is 14.8 Å². The molecule has 6 nitrogen and oxygen atoms in total. The first-order valence-electron chi connectivity index (χ1n) is 10.5. The molecule has 2 aliphatic carbocycles. The molecule has 0 aliphatic heterocycles. The van der Waals surface area contributed by atoms with Gasteiger partial charge in [-0.05, 0) is 37.3 Å². The second-order valence-electron chi connectivity index (χ2n) is 9.66. The van der Waals surface area contributed by atoms with Crippen LogP contribution in [0.5, 0.6) is 0 Å². The van der Waals surface area contributed by atoms with E-state index in [0.717, 1.165) is 29.6 Å². The Morgan fingerprint density at radius 2 is 1.97 bits per heavy atom. The number of anilines is 2. The summed E-state index contributed by atoms with van der Waals surface area (Å²) < 4.78 is 10.7. The molecule has 0 saturated heterocycles.